The van der Waals surface area contributed by atoms with Gasteiger partial charge in [0.2, 0.25) is 0 Å². The van der Waals surface area contributed by atoms with Crippen LogP contribution in [0.4, 0.5) is 5.13 Å². The zero-order valence-electron chi connectivity index (χ0n) is 8.77. The Morgan fingerprint density at radius 1 is 1.50 bits per heavy atom. The van der Waals surface area contributed by atoms with E-state index in [1.165, 1.54) is 35.1 Å². The van der Waals surface area contributed by atoms with E-state index in [4.69, 9.17) is 0 Å². The van der Waals surface area contributed by atoms with E-state index in [-0.39, 0.29) is 5.91 Å². The monoisotopic (exact) mass is 315 g/mol. The summed E-state index contributed by atoms with van der Waals surface area (Å²) < 4.78 is 1.09. The maximum atomic E-state index is 10.9. The summed E-state index contributed by atoms with van der Waals surface area (Å²) in [6.07, 6.45) is 0. The predicted octanol–water partition coefficient (Wildman–Crippen LogP) is 0.792. The molecule has 1 N–H and O–H groups in total. The number of thiazole rings is 2. The molecule has 0 spiro atoms. The molecule has 0 aliphatic carbocycles. The van der Waals surface area contributed by atoms with Gasteiger partial charge < -0.3 is 0 Å². The van der Waals surface area contributed by atoms with Gasteiger partial charge in [-0.25, -0.2) is 0 Å². The number of carbonyl (C=O) groups excluding carboxylic acids is 1. The average Bonchev–Trinajstić information content (AvgIpc) is 2.72. The Morgan fingerprint density at radius 3 is 2.81 bits per heavy atom. The minimum absolute atomic E-state index is 0.0990. The maximum absolute atomic E-state index is 10.9. The van der Waals surface area contributed by atoms with E-state index < -0.39 is 0 Å². The van der Waals surface area contributed by atoms with Gasteiger partial charge >= 0.3 is 110 Å². The number of aromatic nitrogens is 2. The van der Waals surface area contributed by atoms with Crippen molar-refractivity contribution in [1.29, 1.82) is 0 Å². The number of rotatable bonds is 2. The normalized spacial score (nSPS) is 10.4. The van der Waals surface area contributed by atoms with Gasteiger partial charge in [-0.15, -0.1) is 0 Å². The number of hydrogen-bond donors (Lipinski definition) is 1. The first-order valence-electron chi connectivity index (χ1n) is 4.52. The van der Waals surface area contributed by atoms with Crippen molar-refractivity contribution in [1.82, 2.24) is 9.97 Å². The molecule has 2 heterocycles. The molecule has 0 saturated carbocycles. The molecule has 0 aliphatic heterocycles. The number of aryl methyl sites for hydroxylation is 1. The van der Waals surface area contributed by atoms with Crippen molar-refractivity contribution in [2.75, 3.05) is 5.32 Å². The fourth-order valence-electron chi connectivity index (χ4n) is 1.23. The molecule has 4 nitrogen and oxygen atoms in total. The van der Waals surface area contributed by atoms with Crippen LogP contribution in [0.5, 0.6) is 0 Å². The van der Waals surface area contributed by atoms with Crippen molar-refractivity contribution in [3.8, 4) is 10.6 Å². The van der Waals surface area contributed by atoms with E-state index in [0.29, 0.717) is 5.13 Å². The van der Waals surface area contributed by atoms with Gasteiger partial charge in [0, 0.05) is 0 Å². The molecule has 1 atom stereocenters. The Morgan fingerprint density at radius 2 is 2.25 bits per heavy atom. The number of carbonyl (C=O) groups is 1. The van der Waals surface area contributed by atoms with Crippen molar-refractivity contribution in [2.24, 2.45) is 0 Å². The zero-order chi connectivity index (χ0) is 11.7. The molecule has 7 heteroatoms. The molecule has 0 fully saturated rings. The van der Waals surface area contributed by atoms with Crippen LogP contribution >= 0.6 is 22.7 Å². The molecule has 0 radical (unpaired) electrons. The molecule has 84 valence electrons. The third-order valence-electron chi connectivity index (χ3n) is 1.83. The number of anilines is 1. The molecule has 0 aromatic carbocycles. The summed E-state index contributed by atoms with van der Waals surface area (Å²) in [6.45, 7) is 3.41. The second-order valence-corrected chi connectivity index (χ2v) is 7.10. The van der Waals surface area contributed by atoms with Crippen molar-refractivity contribution in [3.63, 3.8) is 0 Å². The molecule has 16 heavy (non-hydrogen) atoms. The van der Waals surface area contributed by atoms with Crippen molar-refractivity contribution < 1.29 is 4.79 Å². The first kappa shape index (κ1) is 11.8. The van der Waals surface area contributed by atoms with Crippen LogP contribution < -0.4 is 9.11 Å². The van der Waals surface area contributed by atoms with Gasteiger partial charge in [-0.1, -0.05) is 0 Å². The minimum atomic E-state index is -0.0990. The van der Waals surface area contributed by atoms with Crippen molar-refractivity contribution in [2.45, 2.75) is 13.8 Å². The third-order valence-corrected chi connectivity index (χ3v) is 4.73. The molecule has 0 saturated heterocycles. The summed E-state index contributed by atoms with van der Waals surface area (Å²) >= 11 is 4.62. The van der Waals surface area contributed by atoms with E-state index in [9.17, 15) is 4.79 Å². The number of hydrogen-bond acceptors (Lipinski definition) is 5. The zero-order valence-corrected chi connectivity index (χ0v) is 12.8. The van der Waals surface area contributed by atoms with Gasteiger partial charge in [0.15, 0.2) is 0 Å². The Balaban J connectivity index is 2.35. The third kappa shape index (κ3) is 2.51. The summed E-state index contributed by atoms with van der Waals surface area (Å²) in [5.74, 6) is -0.0990. The Labute approximate surface area is 110 Å². The fourth-order valence-corrected chi connectivity index (χ4v) is 3.55. The first-order chi connectivity index (χ1) is 7.56. The van der Waals surface area contributed by atoms with E-state index in [1.54, 1.807) is 11.3 Å². The molecule has 1 unspecified atom stereocenters. The molecular formula is C9H10AsN3OS2. The van der Waals surface area contributed by atoms with Crippen LogP contribution in [-0.4, -0.2) is 32.7 Å². The van der Waals surface area contributed by atoms with Gasteiger partial charge in [0.1, 0.15) is 0 Å². The summed E-state index contributed by atoms with van der Waals surface area (Å²) in [5.41, 5.74) is 1.86. The van der Waals surface area contributed by atoms with Crippen LogP contribution in [0.1, 0.15) is 12.6 Å². The van der Waals surface area contributed by atoms with Gasteiger partial charge in [-0.05, 0) is 0 Å². The Bertz CT molecular complexity index is 535. The average molecular weight is 315 g/mol. The van der Waals surface area contributed by atoms with Crippen molar-refractivity contribution in [3.05, 3.63) is 11.1 Å². The van der Waals surface area contributed by atoms with Crippen LogP contribution in [0, 0.1) is 6.92 Å². The quantitative estimate of drug-likeness (QED) is 0.834. The van der Waals surface area contributed by atoms with Crippen LogP contribution in [0.15, 0.2) is 5.38 Å². The van der Waals surface area contributed by atoms with Crippen LogP contribution in [0.3, 0.4) is 0 Å². The van der Waals surface area contributed by atoms with Crippen LogP contribution in [-0.2, 0) is 4.79 Å². The number of nitrogens with one attached hydrogen (secondary N) is 1. The molecule has 2 rings (SSSR count). The Hall–Kier alpha value is -0.712. The summed E-state index contributed by atoms with van der Waals surface area (Å²) in [6, 6.07) is 0. The second-order valence-electron chi connectivity index (χ2n) is 3.19. The van der Waals surface area contributed by atoms with Crippen LogP contribution in [0.25, 0.3) is 10.6 Å². The topological polar surface area (TPSA) is 54.9 Å². The van der Waals surface area contributed by atoms with Gasteiger partial charge in [-0.3, -0.25) is 0 Å². The fraction of sp³-hybridized carbons (Fsp3) is 0.222. The summed E-state index contributed by atoms with van der Waals surface area (Å²) in [7, 11) is 0. The van der Waals surface area contributed by atoms with E-state index >= 15 is 0 Å². The molecular weight excluding hydrogens is 305 g/mol. The van der Waals surface area contributed by atoms with Gasteiger partial charge in [-0.2, -0.15) is 0 Å². The molecule has 0 bridgehead atoms. The van der Waals surface area contributed by atoms with E-state index in [0.717, 1.165) is 20.1 Å². The molecule has 2 aromatic rings. The Kier molecular flexibility index (Phi) is 3.42. The molecule has 2 aromatic heterocycles. The van der Waals surface area contributed by atoms with E-state index in [2.05, 4.69) is 15.3 Å². The summed E-state index contributed by atoms with van der Waals surface area (Å²) in [4.78, 5) is 20.7. The van der Waals surface area contributed by atoms with Crippen molar-refractivity contribution >= 4 is 54.4 Å². The second kappa shape index (κ2) is 4.65. The number of amides is 1. The molecule has 0 aliphatic rings. The van der Waals surface area contributed by atoms with E-state index in [1.807, 2.05) is 12.3 Å². The summed E-state index contributed by atoms with van der Waals surface area (Å²) in [5, 5.41) is 5.35. The number of nitrogens with zero attached hydrogens (tertiary/aromatic N) is 2. The first-order valence-corrected chi connectivity index (χ1v) is 7.43. The molecule has 1 amide bonds. The van der Waals surface area contributed by atoms with Gasteiger partial charge in [0.05, 0.1) is 0 Å². The SMILES string of the molecule is CC(=O)Nc1nc(C)c(-c2csc([AsH2])n2)s1. The standard InChI is InChI=1S/C9H10AsN3OS2/c1-4-7(6-3-15-8(10)13-6)16-9(11-4)12-5(2)14/h3H,10H2,1-2H3,(H,11,12,14). The van der Waals surface area contributed by atoms with Crippen LogP contribution in [0.2, 0.25) is 0 Å². The predicted molar refractivity (Wildman–Crippen MR) is 70.4 cm³/mol. The van der Waals surface area contributed by atoms with Gasteiger partial charge in [0.25, 0.3) is 0 Å².